The van der Waals surface area contributed by atoms with E-state index in [2.05, 4.69) is 0 Å². The molecule has 174 valence electrons. The van der Waals surface area contributed by atoms with Gasteiger partial charge in [0, 0.05) is 42.0 Å². The second kappa shape index (κ2) is 9.05. The van der Waals surface area contributed by atoms with Gasteiger partial charge >= 0.3 is 0 Å². The third kappa shape index (κ3) is 4.34. The average molecular weight is 478 g/mol. The molecule has 2 heterocycles. The molecule has 6 nitrogen and oxygen atoms in total. The van der Waals surface area contributed by atoms with Gasteiger partial charge in [0.2, 0.25) is 5.78 Å². The van der Waals surface area contributed by atoms with Crippen LogP contribution < -0.4 is 19.1 Å². The summed E-state index contributed by atoms with van der Waals surface area (Å²) in [6, 6.07) is 15.2. The van der Waals surface area contributed by atoms with Crippen LogP contribution in [-0.4, -0.2) is 26.7 Å². The molecule has 0 amide bonds. The van der Waals surface area contributed by atoms with Crippen LogP contribution in [0.1, 0.15) is 32.6 Å². The predicted octanol–water partition coefficient (Wildman–Crippen LogP) is 5.78. The third-order valence-corrected chi connectivity index (χ3v) is 6.02. The van der Waals surface area contributed by atoms with E-state index >= 15 is 0 Å². The van der Waals surface area contributed by atoms with Crippen molar-refractivity contribution in [2.24, 2.45) is 0 Å². The van der Waals surface area contributed by atoms with Gasteiger partial charge in [-0.1, -0.05) is 23.7 Å². The van der Waals surface area contributed by atoms with E-state index in [1.807, 2.05) is 68.4 Å². The van der Waals surface area contributed by atoms with Gasteiger partial charge in [0.1, 0.15) is 23.9 Å². The Labute approximate surface area is 203 Å². The highest BCUT2D eigenvalue weighted by atomic mass is 35.5. The van der Waals surface area contributed by atoms with Gasteiger partial charge in [0.05, 0.1) is 12.2 Å². The highest BCUT2D eigenvalue weighted by molar-refractivity contribution is 6.30. The number of ether oxygens (including phenoxy) is 4. The summed E-state index contributed by atoms with van der Waals surface area (Å²) in [4.78, 5) is 15.0. The molecule has 0 spiro atoms. The second-order valence-corrected chi connectivity index (χ2v) is 8.93. The van der Waals surface area contributed by atoms with E-state index in [1.165, 1.54) is 0 Å². The number of rotatable bonds is 5. The molecule has 7 heteroatoms. The topological polar surface area (TPSA) is 57.2 Å². The predicted molar refractivity (Wildman–Crippen MR) is 131 cm³/mol. The molecule has 3 aromatic rings. The highest BCUT2D eigenvalue weighted by Gasteiger charge is 2.30. The molecule has 0 atom stereocenters. The van der Waals surface area contributed by atoms with E-state index in [1.54, 1.807) is 12.1 Å². The van der Waals surface area contributed by atoms with E-state index in [0.29, 0.717) is 34.5 Å². The minimum Gasteiger partial charge on any atom is -0.489 e. The molecule has 0 saturated carbocycles. The van der Waals surface area contributed by atoms with Gasteiger partial charge in [0.15, 0.2) is 12.6 Å². The zero-order valence-electron chi connectivity index (χ0n) is 19.2. The Morgan fingerprint density at radius 3 is 2.68 bits per heavy atom. The fourth-order valence-corrected chi connectivity index (χ4v) is 4.37. The first kappa shape index (κ1) is 22.3. The summed E-state index contributed by atoms with van der Waals surface area (Å²) < 4.78 is 23.0. The normalized spacial score (nSPS) is 15.4. The minimum atomic E-state index is -0.131. The number of carbonyl (C=O) groups is 1. The Morgan fingerprint density at radius 2 is 1.91 bits per heavy atom. The largest absolute Gasteiger partial charge is 0.489 e. The van der Waals surface area contributed by atoms with E-state index in [-0.39, 0.29) is 19.2 Å². The van der Waals surface area contributed by atoms with Crippen molar-refractivity contribution in [3.63, 3.8) is 0 Å². The molecule has 0 bridgehead atoms. The fraction of sp³-hybridized carbons (Fsp3) is 0.222. The number of ketones is 1. The zero-order valence-corrected chi connectivity index (χ0v) is 19.9. The number of hydrogen-bond donors (Lipinski definition) is 0. The van der Waals surface area contributed by atoms with Crippen molar-refractivity contribution in [1.29, 1.82) is 0 Å². The SMILES string of the molecule is Cc1cc(OCc2cc(Cl)cc3c2OCOC3)cc2c1C(=O)/C(=C/c1ccc(N(C)C)cc1)O2. The number of carbonyl (C=O) groups excluding carboxylic acids is 1. The Balaban J connectivity index is 1.36. The summed E-state index contributed by atoms with van der Waals surface area (Å²) in [5.41, 5.74) is 5.06. The Bertz CT molecular complexity index is 1300. The number of halogens is 1. The van der Waals surface area contributed by atoms with Crippen molar-refractivity contribution >= 4 is 29.1 Å². The highest BCUT2D eigenvalue weighted by Crippen LogP contribution is 2.38. The van der Waals surface area contributed by atoms with Crippen LogP contribution in [-0.2, 0) is 18.0 Å². The lowest BCUT2D eigenvalue weighted by Crippen LogP contribution is -2.14. The van der Waals surface area contributed by atoms with Crippen LogP contribution in [0.4, 0.5) is 5.69 Å². The smallest absolute Gasteiger partial charge is 0.232 e. The van der Waals surface area contributed by atoms with Crippen molar-refractivity contribution in [3.8, 4) is 17.2 Å². The number of allylic oxidation sites excluding steroid dienone is 1. The molecular formula is C27H24ClNO5. The van der Waals surface area contributed by atoms with Crippen LogP contribution >= 0.6 is 11.6 Å². The summed E-state index contributed by atoms with van der Waals surface area (Å²) in [6.45, 7) is 2.78. The van der Waals surface area contributed by atoms with Crippen molar-refractivity contribution in [2.45, 2.75) is 20.1 Å². The summed E-state index contributed by atoms with van der Waals surface area (Å²) in [5, 5.41) is 0.596. The van der Waals surface area contributed by atoms with Crippen LogP contribution in [0, 0.1) is 6.92 Å². The maximum absolute atomic E-state index is 13.0. The molecule has 0 aromatic heterocycles. The fourth-order valence-electron chi connectivity index (χ4n) is 4.11. The first-order valence-corrected chi connectivity index (χ1v) is 11.3. The first-order valence-electron chi connectivity index (χ1n) is 10.9. The monoisotopic (exact) mass is 477 g/mol. The van der Waals surface area contributed by atoms with Gasteiger partial charge in [-0.2, -0.15) is 0 Å². The number of nitrogens with zero attached hydrogens (tertiary/aromatic N) is 1. The van der Waals surface area contributed by atoms with Crippen LogP contribution in [0.5, 0.6) is 17.2 Å². The molecular weight excluding hydrogens is 454 g/mol. The molecule has 0 radical (unpaired) electrons. The van der Waals surface area contributed by atoms with Gasteiger partial charge in [-0.25, -0.2) is 0 Å². The van der Waals surface area contributed by atoms with Crippen molar-refractivity contribution in [1.82, 2.24) is 0 Å². The third-order valence-electron chi connectivity index (χ3n) is 5.80. The summed E-state index contributed by atoms with van der Waals surface area (Å²) in [6.07, 6.45) is 1.76. The van der Waals surface area contributed by atoms with Gasteiger partial charge in [-0.3, -0.25) is 4.79 Å². The Kier molecular flexibility index (Phi) is 5.94. The van der Waals surface area contributed by atoms with E-state index in [4.69, 9.17) is 30.5 Å². The lowest BCUT2D eigenvalue weighted by molar-refractivity contribution is -0.0175. The number of benzene rings is 3. The lowest BCUT2D eigenvalue weighted by atomic mass is 10.0. The number of hydrogen-bond acceptors (Lipinski definition) is 6. The molecule has 0 fully saturated rings. The first-order chi connectivity index (χ1) is 16.4. The number of Topliss-reactive ketones (excluding diaryl/α,β-unsaturated/α-hetero) is 1. The Hall–Kier alpha value is -3.48. The second-order valence-electron chi connectivity index (χ2n) is 8.49. The van der Waals surface area contributed by atoms with Crippen molar-refractivity contribution in [3.05, 3.63) is 87.1 Å². The quantitative estimate of drug-likeness (QED) is 0.434. The Morgan fingerprint density at radius 1 is 1.12 bits per heavy atom. The molecule has 34 heavy (non-hydrogen) atoms. The van der Waals surface area contributed by atoms with Gasteiger partial charge in [-0.05, 0) is 54.5 Å². The van der Waals surface area contributed by atoms with Crippen molar-refractivity contribution < 1.29 is 23.7 Å². The van der Waals surface area contributed by atoms with E-state index in [9.17, 15) is 4.79 Å². The number of aryl methyl sites for hydroxylation is 1. The molecule has 0 unspecified atom stereocenters. The lowest BCUT2D eigenvalue weighted by Gasteiger charge is -2.21. The van der Waals surface area contributed by atoms with E-state index in [0.717, 1.165) is 33.7 Å². The molecule has 0 N–H and O–H groups in total. The standard InChI is InChI=1S/C27H24ClNO5/c1-16-8-22(32-14-19-11-20(28)10-18-13-31-15-33-27(18)19)12-23-25(16)26(30)24(34-23)9-17-4-6-21(7-5-17)29(2)3/h4-12H,13-15H2,1-3H3/b24-9-. The molecule has 0 aliphatic carbocycles. The van der Waals surface area contributed by atoms with E-state index < -0.39 is 0 Å². The molecule has 2 aliphatic rings. The molecule has 0 saturated heterocycles. The van der Waals surface area contributed by atoms with Crippen molar-refractivity contribution in [2.75, 3.05) is 25.8 Å². The zero-order chi connectivity index (χ0) is 23.8. The van der Waals surface area contributed by atoms with Crippen LogP contribution in [0.3, 0.4) is 0 Å². The number of anilines is 1. The average Bonchev–Trinajstić information content (AvgIpc) is 3.13. The summed E-state index contributed by atoms with van der Waals surface area (Å²) >= 11 is 6.26. The minimum absolute atomic E-state index is 0.131. The van der Waals surface area contributed by atoms with Crippen LogP contribution in [0.2, 0.25) is 5.02 Å². The van der Waals surface area contributed by atoms with Crippen LogP contribution in [0.25, 0.3) is 6.08 Å². The number of fused-ring (bicyclic) bond motifs is 2. The molecule has 2 aliphatic heterocycles. The van der Waals surface area contributed by atoms with Gasteiger partial charge < -0.3 is 23.8 Å². The van der Waals surface area contributed by atoms with Gasteiger partial charge in [-0.15, -0.1) is 0 Å². The molecule has 5 rings (SSSR count). The maximum Gasteiger partial charge on any atom is 0.232 e. The van der Waals surface area contributed by atoms with Gasteiger partial charge in [0.25, 0.3) is 0 Å². The summed E-state index contributed by atoms with van der Waals surface area (Å²) in [5.74, 6) is 2.00. The summed E-state index contributed by atoms with van der Waals surface area (Å²) in [7, 11) is 3.97. The molecule has 3 aromatic carbocycles. The maximum atomic E-state index is 13.0. The van der Waals surface area contributed by atoms with Crippen LogP contribution in [0.15, 0.2) is 54.3 Å².